The minimum absolute atomic E-state index is 0.521. The van der Waals surface area contributed by atoms with Crippen molar-refractivity contribution < 1.29 is 0 Å². The van der Waals surface area contributed by atoms with E-state index in [0.29, 0.717) is 5.82 Å². The Bertz CT molecular complexity index is 654. The second-order valence-electron chi connectivity index (χ2n) is 3.55. The summed E-state index contributed by atoms with van der Waals surface area (Å²) in [5.74, 6) is 0.521. The highest BCUT2D eigenvalue weighted by molar-refractivity contribution is 5.78. The number of imidazole rings is 1. The van der Waals surface area contributed by atoms with Crippen LogP contribution in [0, 0.1) is 6.92 Å². The van der Waals surface area contributed by atoms with Gasteiger partial charge in [-0.15, -0.1) is 0 Å². The third-order valence-corrected chi connectivity index (χ3v) is 2.49. The van der Waals surface area contributed by atoms with Crippen LogP contribution in [0.15, 0.2) is 30.3 Å². The van der Waals surface area contributed by atoms with Crippen molar-refractivity contribution in [1.82, 2.24) is 14.4 Å². The summed E-state index contributed by atoms with van der Waals surface area (Å²) in [6, 6.07) is 9.64. The van der Waals surface area contributed by atoms with Crippen molar-refractivity contribution in [2.75, 3.05) is 5.73 Å². The van der Waals surface area contributed by atoms with Gasteiger partial charge >= 0.3 is 0 Å². The van der Waals surface area contributed by atoms with E-state index in [1.807, 2.05) is 35.6 Å². The lowest BCUT2D eigenvalue weighted by atomic mass is 10.3. The zero-order valence-electron chi connectivity index (χ0n) is 8.31. The van der Waals surface area contributed by atoms with Gasteiger partial charge in [0, 0.05) is 5.69 Å². The minimum atomic E-state index is 0.521. The van der Waals surface area contributed by atoms with Crippen LogP contribution in [0.1, 0.15) is 5.69 Å². The maximum absolute atomic E-state index is 5.67. The number of hydrogen-bond donors (Lipinski definition) is 1. The molecule has 2 N–H and O–H groups in total. The fraction of sp³-hybridized carbons (Fsp3) is 0.0909. The van der Waals surface area contributed by atoms with E-state index in [0.717, 1.165) is 22.5 Å². The van der Waals surface area contributed by atoms with Crippen LogP contribution in [0.3, 0.4) is 0 Å². The number of nitrogens with two attached hydrogens (primary N) is 1. The van der Waals surface area contributed by atoms with Gasteiger partial charge in [0.15, 0.2) is 5.65 Å². The number of pyridine rings is 2. The predicted molar refractivity (Wildman–Crippen MR) is 59.6 cm³/mol. The normalized spacial score (nSPS) is 11.3. The molecule has 0 atom stereocenters. The van der Waals surface area contributed by atoms with Crippen molar-refractivity contribution in [2.24, 2.45) is 0 Å². The van der Waals surface area contributed by atoms with Gasteiger partial charge in [-0.3, -0.25) is 4.40 Å². The van der Waals surface area contributed by atoms with Gasteiger partial charge in [-0.2, -0.15) is 0 Å². The molecule has 4 heteroatoms. The molecule has 0 aromatic carbocycles. The molecule has 3 aromatic heterocycles. The summed E-state index contributed by atoms with van der Waals surface area (Å²) in [5.41, 5.74) is 9.38. The van der Waals surface area contributed by atoms with E-state index in [1.165, 1.54) is 0 Å². The van der Waals surface area contributed by atoms with Crippen LogP contribution in [-0.2, 0) is 0 Å². The number of anilines is 1. The highest BCUT2D eigenvalue weighted by Gasteiger charge is 2.06. The van der Waals surface area contributed by atoms with E-state index >= 15 is 0 Å². The molecule has 0 saturated carbocycles. The molecule has 0 unspecified atom stereocenters. The monoisotopic (exact) mass is 198 g/mol. The lowest BCUT2D eigenvalue weighted by molar-refractivity contribution is 1.10. The molecule has 0 amide bonds. The molecule has 3 heterocycles. The van der Waals surface area contributed by atoms with Gasteiger partial charge in [-0.05, 0) is 31.2 Å². The summed E-state index contributed by atoms with van der Waals surface area (Å²) in [5, 5.41) is 0. The molecule has 0 spiro atoms. The van der Waals surface area contributed by atoms with Crippen molar-refractivity contribution in [3.63, 3.8) is 0 Å². The number of nitrogens with zero attached hydrogens (tertiary/aromatic N) is 3. The highest BCUT2D eigenvalue weighted by Crippen LogP contribution is 2.17. The summed E-state index contributed by atoms with van der Waals surface area (Å²) in [4.78, 5) is 8.76. The van der Waals surface area contributed by atoms with E-state index in [4.69, 9.17) is 5.73 Å². The van der Waals surface area contributed by atoms with Crippen LogP contribution in [0.25, 0.3) is 16.8 Å². The molecule has 0 aliphatic heterocycles. The molecule has 0 aliphatic rings. The number of aromatic nitrogens is 3. The van der Waals surface area contributed by atoms with E-state index in [1.54, 1.807) is 6.07 Å². The number of hydrogen-bond acceptors (Lipinski definition) is 3. The van der Waals surface area contributed by atoms with Crippen LogP contribution in [-0.4, -0.2) is 14.4 Å². The molecular weight excluding hydrogens is 188 g/mol. The fourth-order valence-corrected chi connectivity index (χ4v) is 1.80. The number of fused-ring (bicyclic) bond motifs is 3. The second kappa shape index (κ2) is 2.70. The van der Waals surface area contributed by atoms with Crippen LogP contribution >= 0.6 is 0 Å². The van der Waals surface area contributed by atoms with Crippen LogP contribution in [0.4, 0.5) is 5.82 Å². The lowest BCUT2D eigenvalue weighted by Crippen LogP contribution is -1.94. The Morgan fingerprint density at radius 2 is 2.00 bits per heavy atom. The summed E-state index contributed by atoms with van der Waals surface area (Å²) < 4.78 is 2.01. The fourth-order valence-electron chi connectivity index (χ4n) is 1.80. The molecule has 0 radical (unpaired) electrons. The molecular formula is C11H10N4. The average Bonchev–Trinajstić information content (AvgIpc) is 2.57. The number of nitrogen functional groups attached to an aromatic ring is 1. The Balaban J connectivity index is 2.61. The van der Waals surface area contributed by atoms with Crippen molar-refractivity contribution in [2.45, 2.75) is 6.92 Å². The molecule has 15 heavy (non-hydrogen) atoms. The molecule has 3 rings (SSSR count). The van der Waals surface area contributed by atoms with Crippen LogP contribution in [0.5, 0.6) is 0 Å². The third kappa shape index (κ3) is 1.08. The Hall–Kier alpha value is -2.10. The summed E-state index contributed by atoms with van der Waals surface area (Å²) in [7, 11) is 0. The summed E-state index contributed by atoms with van der Waals surface area (Å²) in [6.07, 6.45) is 0. The molecule has 3 aromatic rings. The Morgan fingerprint density at radius 3 is 2.87 bits per heavy atom. The Labute approximate surface area is 86.4 Å². The third-order valence-electron chi connectivity index (χ3n) is 2.49. The quantitative estimate of drug-likeness (QED) is 0.599. The molecule has 4 nitrogen and oxygen atoms in total. The van der Waals surface area contributed by atoms with Gasteiger partial charge < -0.3 is 5.73 Å². The molecule has 0 fully saturated rings. The van der Waals surface area contributed by atoms with Crippen LogP contribution in [0.2, 0.25) is 0 Å². The Kier molecular flexibility index (Phi) is 1.48. The van der Waals surface area contributed by atoms with Gasteiger partial charge in [-0.1, -0.05) is 6.07 Å². The zero-order valence-corrected chi connectivity index (χ0v) is 8.31. The van der Waals surface area contributed by atoms with E-state index in [-0.39, 0.29) is 0 Å². The molecule has 0 bridgehead atoms. The minimum Gasteiger partial charge on any atom is -0.384 e. The second-order valence-corrected chi connectivity index (χ2v) is 3.55. The average molecular weight is 198 g/mol. The van der Waals surface area contributed by atoms with Crippen molar-refractivity contribution in [3.05, 3.63) is 36.0 Å². The predicted octanol–water partition coefficient (Wildman–Crippen LogP) is 1.77. The first-order valence-electron chi connectivity index (χ1n) is 4.76. The first-order valence-corrected chi connectivity index (χ1v) is 4.76. The highest BCUT2D eigenvalue weighted by atomic mass is 15.1. The van der Waals surface area contributed by atoms with Gasteiger partial charge in [0.2, 0.25) is 0 Å². The van der Waals surface area contributed by atoms with Gasteiger partial charge in [-0.25, -0.2) is 9.97 Å². The van der Waals surface area contributed by atoms with Gasteiger partial charge in [0.05, 0.1) is 0 Å². The van der Waals surface area contributed by atoms with E-state index in [2.05, 4.69) is 9.97 Å². The SMILES string of the molecule is Cc1cccc2nc3ccc(N)nc3n12. The zero-order chi connectivity index (χ0) is 10.4. The Morgan fingerprint density at radius 1 is 1.13 bits per heavy atom. The topological polar surface area (TPSA) is 56.2 Å². The van der Waals surface area contributed by atoms with Gasteiger partial charge in [0.1, 0.15) is 17.0 Å². The number of rotatable bonds is 0. The van der Waals surface area contributed by atoms with Crippen molar-refractivity contribution in [1.29, 1.82) is 0 Å². The van der Waals surface area contributed by atoms with Gasteiger partial charge in [0.25, 0.3) is 0 Å². The van der Waals surface area contributed by atoms with Crippen molar-refractivity contribution in [3.8, 4) is 0 Å². The number of aryl methyl sites for hydroxylation is 1. The summed E-state index contributed by atoms with van der Waals surface area (Å²) in [6.45, 7) is 2.03. The molecule has 74 valence electrons. The maximum Gasteiger partial charge on any atom is 0.166 e. The molecule has 0 aliphatic carbocycles. The largest absolute Gasteiger partial charge is 0.384 e. The first-order chi connectivity index (χ1) is 7.25. The summed E-state index contributed by atoms with van der Waals surface area (Å²) >= 11 is 0. The standard InChI is InChI=1S/C11H10N4/c1-7-3-2-4-10-13-8-5-6-9(12)14-11(8)15(7)10/h2-6H,1H3,(H2,12,14). The van der Waals surface area contributed by atoms with Crippen molar-refractivity contribution >= 4 is 22.6 Å². The lowest BCUT2D eigenvalue weighted by Gasteiger charge is -1.99. The molecule has 0 saturated heterocycles. The maximum atomic E-state index is 5.67. The van der Waals surface area contributed by atoms with E-state index in [9.17, 15) is 0 Å². The smallest absolute Gasteiger partial charge is 0.166 e. The first kappa shape index (κ1) is 8.23. The van der Waals surface area contributed by atoms with Crippen LogP contribution < -0.4 is 5.73 Å². The van der Waals surface area contributed by atoms with E-state index < -0.39 is 0 Å².